The van der Waals surface area contributed by atoms with E-state index in [4.69, 9.17) is 10.8 Å². The minimum Gasteiger partial charge on any atom is -0.359 e. The zero-order valence-corrected chi connectivity index (χ0v) is 17.2. The van der Waals surface area contributed by atoms with Crippen LogP contribution in [0.5, 0.6) is 0 Å². The topological polar surface area (TPSA) is 167 Å². The Labute approximate surface area is 190 Å². The highest BCUT2D eigenvalue weighted by Gasteiger charge is 2.38. The highest BCUT2D eigenvalue weighted by Crippen LogP contribution is 2.29. The molecule has 0 aromatic carbocycles. The number of nitriles is 1. The van der Waals surface area contributed by atoms with Crippen molar-refractivity contribution < 1.29 is 13.2 Å². The van der Waals surface area contributed by atoms with Gasteiger partial charge in [-0.1, -0.05) is 6.58 Å². The molecule has 3 rings (SSSR count). The Morgan fingerprint density at radius 3 is 2.59 bits per heavy atom. The van der Waals surface area contributed by atoms with Crippen molar-refractivity contribution in [2.75, 3.05) is 5.32 Å². The predicted octanol–water partition coefficient (Wildman–Crippen LogP) is 2.90. The van der Waals surface area contributed by atoms with E-state index in [1.165, 1.54) is 36.9 Å². The van der Waals surface area contributed by atoms with Crippen LogP contribution in [0.25, 0.3) is 5.82 Å². The molecule has 0 atom stereocenters. The lowest BCUT2D eigenvalue weighted by Crippen LogP contribution is -2.35. The lowest BCUT2D eigenvalue weighted by atomic mass is 10.1. The quantitative estimate of drug-likeness (QED) is 0.194. The number of nitrogens with one attached hydrogen (secondary N) is 5. The largest absolute Gasteiger partial charge is 0.432 e. The molecule has 3 aromatic heterocycles. The van der Waals surface area contributed by atoms with E-state index in [0.717, 1.165) is 4.80 Å². The first-order valence-electron chi connectivity index (χ1n) is 9.31. The van der Waals surface area contributed by atoms with Gasteiger partial charge < -0.3 is 21.0 Å². The number of hydrogen-bond donors (Lipinski definition) is 5. The van der Waals surface area contributed by atoms with Gasteiger partial charge in [-0.2, -0.15) is 28.6 Å². The fraction of sp³-hybridized carbons (Fsp3) is 0.0500. The van der Waals surface area contributed by atoms with Crippen LogP contribution in [0.2, 0.25) is 0 Å². The molecule has 0 unspecified atom stereocenters. The Morgan fingerprint density at radius 1 is 1.29 bits per heavy atom. The maximum absolute atomic E-state index is 13.9. The molecule has 0 bridgehead atoms. The summed E-state index contributed by atoms with van der Waals surface area (Å²) in [5.41, 5.74) is -1.87. The molecule has 0 saturated heterocycles. The van der Waals surface area contributed by atoms with Crippen molar-refractivity contribution in [3.8, 4) is 11.9 Å². The average molecular weight is 467 g/mol. The summed E-state index contributed by atoms with van der Waals surface area (Å²) < 4.78 is 41.8. The normalized spacial score (nSPS) is 12.4. The van der Waals surface area contributed by atoms with Crippen molar-refractivity contribution in [1.82, 2.24) is 30.3 Å². The number of aliphatic imine (C=N–C) groups is 1. The molecule has 0 saturated carbocycles. The zero-order chi connectivity index (χ0) is 24.7. The third-order valence-electron chi connectivity index (χ3n) is 4.20. The number of allylic oxidation sites excluding steroid dienone is 2. The van der Waals surface area contributed by atoms with Crippen LogP contribution in [0.4, 0.5) is 18.9 Å². The van der Waals surface area contributed by atoms with Gasteiger partial charge in [-0.05, 0) is 18.2 Å². The number of halogens is 3. The number of H-pyrrole nitrogens is 1. The molecule has 0 aliphatic carbocycles. The molecule has 0 aliphatic heterocycles. The van der Waals surface area contributed by atoms with Crippen molar-refractivity contribution in [2.24, 2.45) is 4.99 Å². The molecule has 3 heterocycles. The summed E-state index contributed by atoms with van der Waals surface area (Å²) in [4.78, 5) is 11.5. The summed E-state index contributed by atoms with van der Waals surface area (Å²) in [6.07, 6.45) is 1.65. The van der Waals surface area contributed by atoms with Gasteiger partial charge in [0.1, 0.15) is 23.7 Å². The summed E-state index contributed by atoms with van der Waals surface area (Å²) >= 11 is 0. The monoisotopic (exact) mass is 467 g/mol. The van der Waals surface area contributed by atoms with Gasteiger partial charge in [-0.15, -0.1) is 4.80 Å². The van der Waals surface area contributed by atoms with E-state index >= 15 is 0 Å². The molecule has 5 N–H and O–H groups in total. The van der Waals surface area contributed by atoms with Crippen LogP contribution in [0.3, 0.4) is 0 Å². The van der Waals surface area contributed by atoms with Gasteiger partial charge in [0.05, 0.1) is 30.0 Å². The first-order valence-corrected chi connectivity index (χ1v) is 9.31. The standard InChI is InChI=1S/C20H16F3N11/c1-12(32-14-7-13(8-24)19(28-10-14)34-30-5-6-31-34)15(9-25)17(20(21,22)23)33-18(29-11-26)16-3-2-4-27-16/h2-7,9-11,25,27,32H,1H2,(H2,26,29,33)/b17-15+,25-9?. The molecule has 0 spiro atoms. The van der Waals surface area contributed by atoms with Gasteiger partial charge in [0.2, 0.25) is 0 Å². The second-order valence-corrected chi connectivity index (χ2v) is 6.38. The van der Waals surface area contributed by atoms with Crippen LogP contribution in [0.15, 0.2) is 71.5 Å². The lowest BCUT2D eigenvalue weighted by Gasteiger charge is -2.20. The molecule has 34 heavy (non-hydrogen) atoms. The number of anilines is 1. The number of rotatable bonds is 8. The maximum atomic E-state index is 13.9. The molecule has 0 fully saturated rings. The van der Waals surface area contributed by atoms with Gasteiger partial charge in [0, 0.05) is 23.7 Å². The van der Waals surface area contributed by atoms with Crippen LogP contribution in [-0.2, 0) is 0 Å². The van der Waals surface area contributed by atoms with Gasteiger partial charge >= 0.3 is 6.18 Å². The van der Waals surface area contributed by atoms with Gasteiger partial charge in [-0.3, -0.25) is 5.41 Å². The number of amidine groups is 1. The Hall–Kier alpha value is -5.06. The first-order chi connectivity index (χ1) is 16.3. The van der Waals surface area contributed by atoms with E-state index in [0.29, 0.717) is 12.6 Å². The van der Waals surface area contributed by atoms with Gasteiger partial charge in [-0.25, -0.2) is 9.98 Å². The fourth-order valence-electron chi connectivity index (χ4n) is 2.77. The number of pyridine rings is 1. The second-order valence-electron chi connectivity index (χ2n) is 6.38. The zero-order valence-electron chi connectivity index (χ0n) is 17.2. The van der Waals surface area contributed by atoms with E-state index < -0.39 is 17.4 Å². The van der Waals surface area contributed by atoms with E-state index in [2.05, 4.69) is 42.4 Å². The Bertz CT molecular complexity index is 1290. The van der Waals surface area contributed by atoms with Crippen molar-refractivity contribution in [3.05, 3.63) is 77.8 Å². The van der Waals surface area contributed by atoms with Crippen molar-refractivity contribution in [2.45, 2.75) is 6.18 Å². The molecule has 14 heteroatoms. The molecule has 172 valence electrons. The summed E-state index contributed by atoms with van der Waals surface area (Å²) in [6.45, 7) is 3.61. The third-order valence-corrected chi connectivity index (χ3v) is 4.20. The van der Waals surface area contributed by atoms with E-state index in [1.54, 1.807) is 6.07 Å². The van der Waals surface area contributed by atoms with Gasteiger partial charge in [0.15, 0.2) is 11.7 Å². The van der Waals surface area contributed by atoms with Crippen LogP contribution < -0.4 is 10.6 Å². The summed E-state index contributed by atoms with van der Waals surface area (Å²) in [7, 11) is 0. The average Bonchev–Trinajstić information content (AvgIpc) is 3.52. The first kappa shape index (κ1) is 23.6. The van der Waals surface area contributed by atoms with Crippen molar-refractivity contribution in [3.63, 3.8) is 0 Å². The fourth-order valence-corrected chi connectivity index (χ4v) is 2.77. The minimum atomic E-state index is -4.93. The molecule has 0 aliphatic rings. The van der Waals surface area contributed by atoms with Crippen LogP contribution in [0.1, 0.15) is 11.3 Å². The number of alkyl halides is 3. The second kappa shape index (κ2) is 10.0. The Kier molecular flexibility index (Phi) is 6.97. The highest BCUT2D eigenvalue weighted by atomic mass is 19.4. The van der Waals surface area contributed by atoms with Crippen LogP contribution in [0, 0.1) is 22.1 Å². The number of hydrogen-bond acceptors (Lipinski definition) is 7. The highest BCUT2D eigenvalue weighted by molar-refractivity contribution is 6.02. The number of aromatic amines is 1. The summed E-state index contributed by atoms with van der Waals surface area (Å²) in [5.74, 6) is -0.161. The van der Waals surface area contributed by atoms with E-state index in [1.807, 2.05) is 6.07 Å². The molecule has 0 amide bonds. The molecular formula is C20H16F3N11. The maximum Gasteiger partial charge on any atom is 0.432 e. The van der Waals surface area contributed by atoms with Crippen LogP contribution >= 0.6 is 0 Å². The molecule has 0 radical (unpaired) electrons. The van der Waals surface area contributed by atoms with E-state index in [9.17, 15) is 18.4 Å². The summed E-state index contributed by atoms with van der Waals surface area (Å²) in [6, 6.07) is 6.27. The summed E-state index contributed by atoms with van der Waals surface area (Å²) in [5, 5.41) is 36.7. The van der Waals surface area contributed by atoms with Gasteiger partial charge in [0.25, 0.3) is 0 Å². The minimum absolute atomic E-state index is 0.0516. The van der Waals surface area contributed by atoms with Crippen LogP contribution in [-0.4, -0.2) is 49.5 Å². The van der Waals surface area contributed by atoms with Crippen molar-refractivity contribution >= 4 is 24.1 Å². The van der Waals surface area contributed by atoms with E-state index in [-0.39, 0.29) is 34.3 Å². The predicted molar refractivity (Wildman–Crippen MR) is 118 cm³/mol. The lowest BCUT2D eigenvalue weighted by molar-refractivity contribution is -0.0952. The Morgan fingerprint density at radius 2 is 2.03 bits per heavy atom. The molecule has 11 nitrogen and oxygen atoms in total. The smallest absolute Gasteiger partial charge is 0.359 e. The number of nitrogens with zero attached hydrogens (tertiary/aromatic N) is 6. The van der Waals surface area contributed by atoms with Crippen molar-refractivity contribution in [1.29, 1.82) is 16.1 Å². The molecule has 3 aromatic rings. The number of aromatic nitrogens is 5. The SMILES string of the molecule is C=C(Nc1cnc(-n2nccn2)c(C#N)c1)/C(C=N)=C(/N/C(=N/C=N)c1ccc[nH]1)C(F)(F)F. The third kappa shape index (κ3) is 5.22. The Balaban J connectivity index is 1.97. The molecular weight excluding hydrogens is 451 g/mol.